The fourth-order valence-electron chi connectivity index (χ4n) is 1.32. The molecule has 0 amide bonds. The number of pyridine rings is 2. The standard InChI is InChI=1S/C11H10N2O2/c1-15-11(14)7-8-4-5-9-10(13-8)3-2-6-12-9/h2-6H,7H2,1H3. The molecule has 0 saturated heterocycles. The average Bonchev–Trinajstić information content (AvgIpc) is 2.29. The van der Waals surface area contributed by atoms with Crippen molar-refractivity contribution in [3.63, 3.8) is 0 Å². The molecule has 0 atom stereocenters. The molecule has 2 aromatic heterocycles. The lowest BCUT2D eigenvalue weighted by molar-refractivity contribution is -0.139. The molecule has 0 aromatic carbocycles. The Kier molecular flexibility index (Phi) is 2.58. The van der Waals surface area contributed by atoms with Crippen LogP contribution >= 0.6 is 0 Å². The summed E-state index contributed by atoms with van der Waals surface area (Å²) >= 11 is 0. The minimum atomic E-state index is -0.286. The van der Waals surface area contributed by atoms with Crippen molar-refractivity contribution in [3.05, 3.63) is 36.2 Å². The minimum Gasteiger partial charge on any atom is -0.469 e. The van der Waals surface area contributed by atoms with Crippen LogP contribution in [0.5, 0.6) is 0 Å². The summed E-state index contributed by atoms with van der Waals surface area (Å²) in [5.41, 5.74) is 2.31. The topological polar surface area (TPSA) is 52.1 Å². The maximum Gasteiger partial charge on any atom is 0.311 e. The molecule has 0 radical (unpaired) electrons. The van der Waals surface area contributed by atoms with Crippen molar-refractivity contribution in [2.45, 2.75) is 6.42 Å². The molecule has 0 bridgehead atoms. The van der Waals surface area contributed by atoms with E-state index in [1.165, 1.54) is 7.11 Å². The van der Waals surface area contributed by atoms with Gasteiger partial charge in [-0.2, -0.15) is 0 Å². The number of hydrogen-bond acceptors (Lipinski definition) is 4. The molecule has 0 saturated carbocycles. The first kappa shape index (κ1) is 9.58. The van der Waals surface area contributed by atoms with Gasteiger partial charge in [0.1, 0.15) is 0 Å². The summed E-state index contributed by atoms with van der Waals surface area (Å²) in [5, 5.41) is 0. The molecule has 4 nitrogen and oxygen atoms in total. The number of nitrogens with zero attached hydrogens (tertiary/aromatic N) is 2. The van der Waals surface area contributed by atoms with Gasteiger partial charge in [-0.1, -0.05) is 0 Å². The highest BCUT2D eigenvalue weighted by Crippen LogP contribution is 2.09. The summed E-state index contributed by atoms with van der Waals surface area (Å²) in [6.07, 6.45) is 1.91. The molecule has 2 aromatic rings. The number of carbonyl (C=O) groups excluding carboxylic acids is 1. The van der Waals surface area contributed by atoms with Gasteiger partial charge in [0.25, 0.3) is 0 Å². The normalized spacial score (nSPS) is 10.2. The number of esters is 1. The predicted molar refractivity (Wildman–Crippen MR) is 55.3 cm³/mol. The van der Waals surface area contributed by atoms with Crippen LogP contribution in [0.4, 0.5) is 0 Å². The van der Waals surface area contributed by atoms with Crippen molar-refractivity contribution in [1.29, 1.82) is 0 Å². The third-order valence-corrected chi connectivity index (χ3v) is 2.07. The SMILES string of the molecule is COC(=O)Cc1ccc2ncccc2n1. The Morgan fingerprint density at radius 1 is 1.33 bits per heavy atom. The average molecular weight is 202 g/mol. The zero-order chi connectivity index (χ0) is 10.7. The molecule has 0 N–H and O–H groups in total. The van der Waals surface area contributed by atoms with Gasteiger partial charge in [-0.25, -0.2) is 0 Å². The van der Waals surface area contributed by atoms with E-state index in [-0.39, 0.29) is 12.4 Å². The van der Waals surface area contributed by atoms with Crippen molar-refractivity contribution in [1.82, 2.24) is 9.97 Å². The van der Waals surface area contributed by atoms with Gasteiger partial charge in [-0.3, -0.25) is 14.8 Å². The van der Waals surface area contributed by atoms with E-state index in [1.807, 2.05) is 18.2 Å². The van der Waals surface area contributed by atoms with Crippen molar-refractivity contribution in [2.75, 3.05) is 7.11 Å². The third kappa shape index (κ3) is 2.10. The smallest absolute Gasteiger partial charge is 0.311 e. The van der Waals surface area contributed by atoms with Gasteiger partial charge < -0.3 is 4.74 Å². The molecule has 0 fully saturated rings. The van der Waals surface area contributed by atoms with Crippen LogP contribution in [0.15, 0.2) is 30.5 Å². The third-order valence-electron chi connectivity index (χ3n) is 2.07. The van der Waals surface area contributed by atoms with Crippen LogP contribution in [0.1, 0.15) is 5.69 Å². The maximum atomic E-state index is 11.0. The summed E-state index contributed by atoms with van der Waals surface area (Å²) in [4.78, 5) is 19.5. The van der Waals surface area contributed by atoms with E-state index in [4.69, 9.17) is 0 Å². The van der Waals surface area contributed by atoms with E-state index in [0.29, 0.717) is 5.69 Å². The van der Waals surface area contributed by atoms with E-state index in [1.54, 1.807) is 12.3 Å². The molecule has 0 aliphatic rings. The lowest BCUT2D eigenvalue weighted by atomic mass is 10.2. The van der Waals surface area contributed by atoms with Gasteiger partial charge in [-0.15, -0.1) is 0 Å². The first-order valence-electron chi connectivity index (χ1n) is 4.57. The Labute approximate surface area is 86.9 Å². The van der Waals surface area contributed by atoms with Crippen LogP contribution in [0.3, 0.4) is 0 Å². The Bertz CT molecular complexity index is 497. The second-order valence-corrected chi connectivity index (χ2v) is 3.10. The molecule has 0 unspecified atom stereocenters. The molecular formula is C11H10N2O2. The molecule has 0 aliphatic carbocycles. The van der Waals surface area contributed by atoms with E-state index in [9.17, 15) is 4.79 Å². The molecule has 2 heterocycles. The fraction of sp³-hybridized carbons (Fsp3) is 0.182. The molecule has 15 heavy (non-hydrogen) atoms. The van der Waals surface area contributed by atoms with Crippen molar-refractivity contribution in [2.24, 2.45) is 0 Å². The number of ether oxygens (including phenoxy) is 1. The largest absolute Gasteiger partial charge is 0.469 e. The Morgan fingerprint density at radius 3 is 3.00 bits per heavy atom. The molecule has 0 spiro atoms. The van der Waals surface area contributed by atoms with Crippen LogP contribution in [0.25, 0.3) is 11.0 Å². The first-order chi connectivity index (χ1) is 7.29. The van der Waals surface area contributed by atoms with E-state index < -0.39 is 0 Å². The van der Waals surface area contributed by atoms with E-state index >= 15 is 0 Å². The van der Waals surface area contributed by atoms with Crippen LogP contribution in [0.2, 0.25) is 0 Å². The number of carbonyl (C=O) groups is 1. The van der Waals surface area contributed by atoms with Gasteiger partial charge in [0, 0.05) is 6.20 Å². The molecular weight excluding hydrogens is 192 g/mol. The summed E-state index contributed by atoms with van der Waals surface area (Å²) in [5.74, 6) is -0.286. The van der Waals surface area contributed by atoms with Crippen LogP contribution in [0, 0.1) is 0 Å². The monoisotopic (exact) mass is 202 g/mol. The van der Waals surface area contributed by atoms with E-state index in [2.05, 4.69) is 14.7 Å². The van der Waals surface area contributed by atoms with Gasteiger partial charge >= 0.3 is 5.97 Å². The molecule has 4 heteroatoms. The highest BCUT2D eigenvalue weighted by molar-refractivity contribution is 5.76. The lowest BCUT2D eigenvalue weighted by Gasteiger charge is -2.00. The number of aromatic nitrogens is 2. The minimum absolute atomic E-state index is 0.196. The highest BCUT2D eigenvalue weighted by Gasteiger charge is 2.04. The summed E-state index contributed by atoms with van der Waals surface area (Å²) < 4.78 is 4.57. The van der Waals surface area contributed by atoms with Crippen molar-refractivity contribution in [3.8, 4) is 0 Å². The van der Waals surface area contributed by atoms with Gasteiger partial charge in [0.15, 0.2) is 0 Å². The summed E-state index contributed by atoms with van der Waals surface area (Å²) in [6, 6.07) is 7.31. The van der Waals surface area contributed by atoms with E-state index in [0.717, 1.165) is 11.0 Å². The Balaban J connectivity index is 2.34. The number of methoxy groups -OCH3 is 1. The lowest BCUT2D eigenvalue weighted by Crippen LogP contribution is -2.05. The molecule has 0 aliphatic heterocycles. The Hall–Kier alpha value is -1.97. The zero-order valence-corrected chi connectivity index (χ0v) is 8.30. The van der Waals surface area contributed by atoms with Crippen LogP contribution < -0.4 is 0 Å². The van der Waals surface area contributed by atoms with Crippen molar-refractivity contribution >= 4 is 17.0 Å². The first-order valence-corrected chi connectivity index (χ1v) is 4.57. The summed E-state index contributed by atoms with van der Waals surface area (Å²) in [7, 11) is 1.37. The number of hydrogen-bond donors (Lipinski definition) is 0. The van der Waals surface area contributed by atoms with Gasteiger partial charge in [0.05, 0.1) is 30.3 Å². The van der Waals surface area contributed by atoms with Crippen LogP contribution in [-0.4, -0.2) is 23.0 Å². The van der Waals surface area contributed by atoms with Crippen LogP contribution in [-0.2, 0) is 16.0 Å². The van der Waals surface area contributed by atoms with Gasteiger partial charge in [0.2, 0.25) is 0 Å². The molecule has 2 rings (SSSR count). The zero-order valence-electron chi connectivity index (χ0n) is 8.30. The summed E-state index contributed by atoms with van der Waals surface area (Å²) in [6.45, 7) is 0. The number of fused-ring (bicyclic) bond motifs is 1. The Morgan fingerprint density at radius 2 is 2.20 bits per heavy atom. The molecule has 76 valence electrons. The van der Waals surface area contributed by atoms with Crippen molar-refractivity contribution < 1.29 is 9.53 Å². The number of rotatable bonds is 2. The van der Waals surface area contributed by atoms with Gasteiger partial charge in [-0.05, 0) is 24.3 Å². The quantitative estimate of drug-likeness (QED) is 0.690. The second kappa shape index (κ2) is 4.04. The second-order valence-electron chi connectivity index (χ2n) is 3.10. The predicted octanol–water partition coefficient (Wildman–Crippen LogP) is 1.35. The highest BCUT2D eigenvalue weighted by atomic mass is 16.5. The fourth-order valence-corrected chi connectivity index (χ4v) is 1.32. The maximum absolute atomic E-state index is 11.0.